The van der Waals surface area contributed by atoms with Crippen LogP contribution in [0.25, 0.3) is 0 Å². The zero-order valence-corrected chi connectivity index (χ0v) is 16.2. The fourth-order valence-corrected chi connectivity index (χ4v) is 3.16. The molecule has 2 aromatic rings. The third-order valence-electron chi connectivity index (χ3n) is 4.99. The fourth-order valence-electron chi connectivity index (χ4n) is 3.16. The Morgan fingerprint density at radius 2 is 2.00 bits per heavy atom. The molecule has 1 saturated heterocycles. The molecule has 0 aliphatic carbocycles. The van der Waals surface area contributed by atoms with Crippen LogP contribution in [0.2, 0.25) is 0 Å². The first-order valence-electron chi connectivity index (χ1n) is 9.86. The van der Waals surface area contributed by atoms with Gasteiger partial charge in [0.25, 0.3) is 5.91 Å². The van der Waals surface area contributed by atoms with Crippen molar-refractivity contribution in [3.63, 3.8) is 0 Å². The van der Waals surface area contributed by atoms with E-state index in [2.05, 4.69) is 32.4 Å². The number of piperidine rings is 1. The summed E-state index contributed by atoms with van der Waals surface area (Å²) in [7, 11) is 0. The molecule has 0 radical (unpaired) electrons. The summed E-state index contributed by atoms with van der Waals surface area (Å²) in [5, 5.41) is 6.35. The minimum atomic E-state index is -0.0272. The SMILES string of the molecule is CCC(C)NC(=O)c1cccc(CNc2cc(N3CCCCC3)ncn2)c1. The van der Waals surface area contributed by atoms with Gasteiger partial charge >= 0.3 is 0 Å². The minimum absolute atomic E-state index is 0.0272. The molecule has 27 heavy (non-hydrogen) atoms. The first-order chi connectivity index (χ1) is 13.2. The van der Waals surface area contributed by atoms with Crippen molar-refractivity contribution >= 4 is 17.5 Å². The molecule has 1 amide bonds. The van der Waals surface area contributed by atoms with E-state index in [1.54, 1.807) is 6.33 Å². The van der Waals surface area contributed by atoms with Crippen molar-refractivity contribution in [3.8, 4) is 0 Å². The van der Waals surface area contributed by atoms with Crippen molar-refractivity contribution < 1.29 is 4.79 Å². The van der Waals surface area contributed by atoms with Crippen molar-refractivity contribution in [1.29, 1.82) is 0 Å². The maximum Gasteiger partial charge on any atom is 0.251 e. The summed E-state index contributed by atoms with van der Waals surface area (Å²) in [4.78, 5) is 23.4. The summed E-state index contributed by atoms with van der Waals surface area (Å²) >= 11 is 0. The van der Waals surface area contributed by atoms with E-state index in [1.165, 1.54) is 19.3 Å². The summed E-state index contributed by atoms with van der Waals surface area (Å²) in [6.45, 7) is 6.80. The van der Waals surface area contributed by atoms with Crippen molar-refractivity contribution in [1.82, 2.24) is 15.3 Å². The number of benzene rings is 1. The van der Waals surface area contributed by atoms with Crippen LogP contribution < -0.4 is 15.5 Å². The number of nitrogens with zero attached hydrogens (tertiary/aromatic N) is 3. The van der Waals surface area contributed by atoms with E-state index < -0.39 is 0 Å². The monoisotopic (exact) mass is 367 g/mol. The maximum atomic E-state index is 12.3. The van der Waals surface area contributed by atoms with Gasteiger partial charge in [-0.25, -0.2) is 9.97 Å². The number of hydrogen-bond donors (Lipinski definition) is 2. The lowest BCUT2D eigenvalue weighted by Crippen LogP contribution is -2.31. The van der Waals surface area contributed by atoms with Crippen LogP contribution in [-0.4, -0.2) is 35.0 Å². The Balaban J connectivity index is 1.61. The third kappa shape index (κ3) is 5.42. The number of nitrogens with one attached hydrogen (secondary N) is 2. The van der Waals surface area contributed by atoms with E-state index in [0.717, 1.165) is 36.7 Å². The molecular formula is C21H29N5O. The van der Waals surface area contributed by atoms with Gasteiger partial charge in [-0.15, -0.1) is 0 Å². The van der Waals surface area contributed by atoms with Gasteiger partial charge in [-0.1, -0.05) is 19.1 Å². The Morgan fingerprint density at radius 3 is 2.78 bits per heavy atom. The molecule has 1 aliphatic heterocycles. The van der Waals surface area contributed by atoms with E-state index in [0.29, 0.717) is 12.1 Å². The van der Waals surface area contributed by atoms with Gasteiger partial charge in [0.15, 0.2) is 0 Å². The highest BCUT2D eigenvalue weighted by atomic mass is 16.1. The van der Waals surface area contributed by atoms with Crippen LogP contribution in [0.5, 0.6) is 0 Å². The molecule has 0 spiro atoms. The summed E-state index contributed by atoms with van der Waals surface area (Å²) in [6, 6.07) is 9.89. The molecule has 1 aromatic carbocycles. The number of carbonyl (C=O) groups is 1. The van der Waals surface area contributed by atoms with Gasteiger partial charge in [0.2, 0.25) is 0 Å². The number of anilines is 2. The number of hydrogen-bond acceptors (Lipinski definition) is 5. The van der Waals surface area contributed by atoms with Crippen molar-refractivity contribution in [2.45, 2.75) is 52.1 Å². The van der Waals surface area contributed by atoms with Crippen LogP contribution in [0.4, 0.5) is 11.6 Å². The quantitative estimate of drug-likeness (QED) is 0.782. The van der Waals surface area contributed by atoms with E-state index in [-0.39, 0.29) is 11.9 Å². The standard InChI is InChI=1S/C21H29N5O/c1-3-16(2)25-21(27)18-9-7-8-17(12-18)14-22-19-13-20(24-15-23-19)26-10-5-4-6-11-26/h7-9,12-13,15-16H,3-6,10-11,14H2,1-2H3,(H,25,27)(H,22,23,24). The average molecular weight is 367 g/mol. The summed E-state index contributed by atoms with van der Waals surface area (Å²) in [6.07, 6.45) is 6.27. The van der Waals surface area contributed by atoms with Crippen LogP contribution >= 0.6 is 0 Å². The molecular weight excluding hydrogens is 338 g/mol. The molecule has 0 saturated carbocycles. The Kier molecular flexibility index (Phi) is 6.63. The second kappa shape index (κ2) is 9.35. The van der Waals surface area contributed by atoms with Gasteiger partial charge in [0.1, 0.15) is 18.0 Å². The molecule has 0 bridgehead atoms. The van der Waals surface area contributed by atoms with Crippen LogP contribution in [0.3, 0.4) is 0 Å². The lowest BCUT2D eigenvalue weighted by Gasteiger charge is -2.27. The van der Waals surface area contributed by atoms with Gasteiger partial charge in [-0.2, -0.15) is 0 Å². The van der Waals surface area contributed by atoms with Crippen LogP contribution in [0.1, 0.15) is 55.5 Å². The van der Waals surface area contributed by atoms with E-state index in [1.807, 2.05) is 37.3 Å². The lowest BCUT2D eigenvalue weighted by atomic mass is 10.1. The molecule has 144 valence electrons. The fraction of sp³-hybridized carbons (Fsp3) is 0.476. The largest absolute Gasteiger partial charge is 0.366 e. The molecule has 6 heteroatoms. The highest BCUT2D eigenvalue weighted by molar-refractivity contribution is 5.94. The van der Waals surface area contributed by atoms with Crippen LogP contribution in [-0.2, 0) is 6.54 Å². The van der Waals surface area contributed by atoms with Crippen molar-refractivity contribution in [3.05, 3.63) is 47.8 Å². The Morgan fingerprint density at radius 1 is 1.19 bits per heavy atom. The molecule has 2 heterocycles. The second-order valence-corrected chi connectivity index (χ2v) is 7.15. The zero-order chi connectivity index (χ0) is 19.1. The molecule has 1 atom stereocenters. The molecule has 6 nitrogen and oxygen atoms in total. The van der Waals surface area contributed by atoms with Crippen molar-refractivity contribution in [2.75, 3.05) is 23.3 Å². The van der Waals surface area contributed by atoms with E-state index >= 15 is 0 Å². The van der Waals surface area contributed by atoms with Crippen LogP contribution in [0, 0.1) is 0 Å². The molecule has 2 N–H and O–H groups in total. The summed E-state index contributed by atoms with van der Waals surface area (Å²) < 4.78 is 0. The second-order valence-electron chi connectivity index (χ2n) is 7.15. The Labute approximate surface area is 161 Å². The predicted octanol–water partition coefficient (Wildman–Crippen LogP) is 3.61. The highest BCUT2D eigenvalue weighted by Crippen LogP contribution is 2.19. The van der Waals surface area contributed by atoms with Crippen LogP contribution in [0.15, 0.2) is 36.7 Å². The Bertz CT molecular complexity index is 758. The topological polar surface area (TPSA) is 70.2 Å². The molecule has 1 aromatic heterocycles. The predicted molar refractivity (Wildman–Crippen MR) is 109 cm³/mol. The first kappa shape index (κ1) is 19.1. The Hall–Kier alpha value is -2.63. The average Bonchev–Trinajstić information content (AvgIpc) is 2.73. The molecule has 3 rings (SSSR count). The number of amides is 1. The normalized spacial score (nSPS) is 15.3. The molecule has 1 aliphatic rings. The van der Waals surface area contributed by atoms with E-state index in [9.17, 15) is 4.79 Å². The minimum Gasteiger partial charge on any atom is -0.366 e. The number of carbonyl (C=O) groups excluding carboxylic acids is 1. The zero-order valence-electron chi connectivity index (χ0n) is 16.2. The van der Waals surface area contributed by atoms with Gasteiger partial charge in [-0.05, 0) is 50.3 Å². The summed E-state index contributed by atoms with van der Waals surface area (Å²) in [5.41, 5.74) is 1.73. The number of rotatable bonds is 7. The highest BCUT2D eigenvalue weighted by Gasteiger charge is 2.13. The smallest absolute Gasteiger partial charge is 0.251 e. The maximum absolute atomic E-state index is 12.3. The van der Waals surface area contributed by atoms with Crippen molar-refractivity contribution in [2.24, 2.45) is 0 Å². The van der Waals surface area contributed by atoms with Gasteiger partial charge in [0, 0.05) is 37.3 Å². The van der Waals surface area contributed by atoms with Gasteiger partial charge in [0.05, 0.1) is 0 Å². The van der Waals surface area contributed by atoms with Gasteiger partial charge in [-0.3, -0.25) is 4.79 Å². The van der Waals surface area contributed by atoms with E-state index in [4.69, 9.17) is 0 Å². The first-order valence-corrected chi connectivity index (χ1v) is 9.86. The summed E-state index contributed by atoms with van der Waals surface area (Å²) in [5.74, 6) is 1.76. The number of aromatic nitrogens is 2. The molecule has 1 unspecified atom stereocenters. The molecule has 1 fully saturated rings. The third-order valence-corrected chi connectivity index (χ3v) is 4.99. The lowest BCUT2D eigenvalue weighted by molar-refractivity contribution is 0.0939. The van der Waals surface area contributed by atoms with Gasteiger partial charge < -0.3 is 15.5 Å².